The highest BCUT2D eigenvalue weighted by Crippen LogP contribution is 2.10. The third-order valence-electron chi connectivity index (χ3n) is 2.82. The third kappa shape index (κ3) is 15.0. The van der Waals surface area contributed by atoms with Crippen molar-refractivity contribution in [3.05, 3.63) is 12.7 Å². The van der Waals surface area contributed by atoms with Gasteiger partial charge in [0.05, 0.1) is 5.60 Å². The van der Waals surface area contributed by atoms with Crippen molar-refractivity contribution in [2.24, 2.45) is 0 Å². The predicted octanol–water partition coefficient (Wildman–Crippen LogP) is 3.41. The molecule has 0 saturated heterocycles. The first kappa shape index (κ1) is 20.6. The number of rotatable bonds is 12. The highest BCUT2D eigenvalue weighted by atomic mass is 16.6. The smallest absolute Gasteiger partial charge is 0.330 e. The van der Waals surface area contributed by atoms with E-state index in [-0.39, 0.29) is 24.8 Å². The van der Waals surface area contributed by atoms with Crippen LogP contribution in [0.25, 0.3) is 0 Å². The van der Waals surface area contributed by atoms with Crippen molar-refractivity contribution in [2.45, 2.75) is 64.9 Å². The Balaban J connectivity index is 3.32. The van der Waals surface area contributed by atoms with Gasteiger partial charge in [-0.05, 0) is 33.6 Å². The second kappa shape index (κ2) is 12.2. The van der Waals surface area contributed by atoms with Crippen molar-refractivity contribution >= 4 is 11.9 Å². The summed E-state index contributed by atoms with van der Waals surface area (Å²) in [5, 5.41) is 0. The molecule has 0 N–H and O–H groups in total. The first-order chi connectivity index (χ1) is 10.3. The SMILES string of the molecule is C=CC(=O)OCCOC(=O)CCCCCCCOC(C)(C)C. The van der Waals surface area contributed by atoms with Crippen LogP contribution in [0.5, 0.6) is 0 Å². The number of esters is 2. The van der Waals surface area contributed by atoms with Gasteiger partial charge >= 0.3 is 11.9 Å². The molecule has 0 aromatic carbocycles. The fraction of sp³-hybridized carbons (Fsp3) is 0.765. The van der Waals surface area contributed by atoms with Crippen LogP contribution in [0.4, 0.5) is 0 Å². The van der Waals surface area contributed by atoms with E-state index >= 15 is 0 Å². The van der Waals surface area contributed by atoms with E-state index in [4.69, 9.17) is 14.2 Å². The second-order valence-corrected chi connectivity index (χ2v) is 6.07. The quantitative estimate of drug-likeness (QED) is 0.314. The molecule has 0 saturated carbocycles. The number of hydrogen-bond acceptors (Lipinski definition) is 5. The van der Waals surface area contributed by atoms with E-state index in [0.29, 0.717) is 6.42 Å². The summed E-state index contributed by atoms with van der Waals surface area (Å²) in [5.41, 5.74) is -0.0657. The molecule has 0 bridgehead atoms. The first-order valence-electron chi connectivity index (χ1n) is 7.94. The molecule has 0 amide bonds. The fourth-order valence-corrected chi connectivity index (χ4v) is 1.71. The molecule has 0 radical (unpaired) electrons. The summed E-state index contributed by atoms with van der Waals surface area (Å²) >= 11 is 0. The normalized spacial score (nSPS) is 11.0. The minimum atomic E-state index is -0.508. The van der Waals surface area contributed by atoms with E-state index in [0.717, 1.165) is 44.8 Å². The van der Waals surface area contributed by atoms with Gasteiger partial charge in [-0.2, -0.15) is 0 Å². The van der Waals surface area contributed by atoms with Crippen molar-refractivity contribution in [1.82, 2.24) is 0 Å². The molecule has 0 heterocycles. The minimum Gasteiger partial charge on any atom is -0.462 e. The number of ether oxygens (including phenoxy) is 3. The summed E-state index contributed by atoms with van der Waals surface area (Å²) in [5.74, 6) is -0.753. The summed E-state index contributed by atoms with van der Waals surface area (Å²) in [6, 6.07) is 0. The average molecular weight is 314 g/mol. The van der Waals surface area contributed by atoms with E-state index in [1.165, 1.54) is 0 Å². The second-order valence-electron chi connectivity index (χ2n) is 6.07. The predicted molar refractivity (Wildman–Crippen MR) is 85.5 cm³/mol. The lowest BCUT2D eigenvalue weighted by molar-refractivity contribution is -0.149. The maximum Gasteiger partial charge on any atom is 0.330 e. The number of hydrogen-bond donors (Lipinski definition) is 0. The Morgan fingerprint density at radius 3 is 2.14 bits per heavy atom. The Kier molecular flexibility index (Phi) is 11.5. The standard InChI is InChI=1S/C17H30O5/c1-5-15(18)20-13-14-21-16(19)11-9-7-6-8-10-12-22-17(2,3)4/h5H,1,6-14H2,2-4H3. The molecule has 22 heavy (non-hydrogen) atoms. The largest absolute Gasteiger partial charge is 0.462 e. The molecule has 0 aliphatic heterocycles. The molecule has 0 fully saturated rings. The Morgan fingerprint density at radius 1 is 0.909 bits per heavy atom. The van der Waals surface area contributed by atoms with Crippen molar-refractivity contribution in [1.29, 1.82) is 0 Å². The summed E-state index contributed by atoms with van der Waals surface area (Å²) in [6.07, 6.45) is 6.58. The lowest BCUT2D eigenvalue weighted by Crippen LogP contribution is -2.19. The topological polar surface area (TPSA) is 61.8 Å². The van der Waals surface area contributed by atoms with E-state index < -0.39 is 5.97 Å². The maximum absolute atomic E-state index is 11.4. The Morgan fingerprint density at radius 2 is 1.50 bits per heavy atom. The van der Waals surface area contributed by atoms with Gasteiger partial charge in [0.2, 0.25) is 0 Å². The van der Waals surface area contributed by atoms with Crippen LogP contribution in [-0.4, -0.2) is 37.4 Å². The molecular weight excluding hydrogens is 284 g/mol. The van der Waals surface area contributed by atoms with E-state index in [9.17, 15) is 9.59 Å². The molecule has 128 valence electrons. The molecule has 0 rings (SSSR count). The minimum absolute atomic E-state index is 0.0657. The molecule has 0 unspecified atom stereocenters. The van der Waals surface area contributed by atoms with E-state index in [1.54, 1.807) is 0 Å². The summed E-state index contributed by atoms with van der Waals surface area (Å²) in [4.78, 5) is 22.1. The van der Waals surface area contributed by atoms with Gasteiger partial charge in [0.15, 0.2) is 0 Å². The third-order valence-corrected chi connectivity index (χ3v) is 2.82. The lowest BCUT2D eigenvalue weighted by atomic mass is 10.1. The van der Waals surface area contributed by atoms with Crippen molar-refractivity contribution in [2.75, 3.05) is 19.8 Å². The molecule has 0 atom stereocenters. The number of unbranched alkanes of at least 4 members (excludes halogenated alkanes) is 4. The van der Waals surface area contributed by atoms with Crippen molar-refractivity contribution in [3.8, 4) is 0 Å². The molecule has 5 nitrogen and oxygen atoms in total. The van der Waals surface area contributed by atoms with Crippen LogP contribution < -0.4 is 0 Å². The first-order valence-corrected chi connectivity index (χ1v) is 7.94. The van der Waals surface area contributed by atoms with Crippen molar-refractivity contribution in [3.63, 3.8) is 0 Å². The van der Waals surface area contributed by atoms with E-state index in [2.05, 4.69) is 27.4 Å². The van der Waals surface area contributed by atoms with Gasteiger partial charge in [-0.1, -0.05) is 25.8 Å². The maximum atomic E-state index is 11.4. The van der Waals surface area contributed by atoms with Gasteiger partial charge in [-0.15, -0.1) is 0 Å². The summed E-state index contributed by atoms with van der Waals surface area (Å²) in [7, 11) is 0. The molecule has 5 heteroatoms. The zero-order valence-corrected chi connectivity index (χ0v) is 14.2. The zero-order chi connectivity index (χ0) is 16.8. The van der Waals surface area contributed by atoms with Gasteiger partial charge < -0.3 is 14.2 Å². The molecule has 0 aliphatic carbocycles. The molecular formula is C17H30O5. The number of carbonyl (C=O) groups is 2. The lowest BCUT2D eigenvalue weighted by Gasteiger charge is -2.19. The van der Waals surface area contributed by atoms with Gasteiger partial charge in [0.25, 0.3) is 0 Å². The van der Waals surface area contributed by atoms with Crippen LogP contribution in [-0.2, 0) is 23.8 Å². The Labute approximate surface area is 134 Å². The fourth-order valence-electron chi connectivity index (χ4n) is 1.71. The highest BCUT2D eigenvalue weighted by molar-refractivity contribution is 5.81. The van der Waals surface area contributed by atoms with Gasteiger partial charge in [0, 0.05) is 19.1 Å². The van der Waals surface area contributed by atoms with Crippen molar-refractivity contribution < 1.29 is 23.8 Å². The zero-order valence-electron chi connectivity index (χ0n) is 14.2. The highest BCUT2D eigenvalue weighted by Gasteiger charge is 2.08. The van der Waals surface area contributed by atoms with Crippen LogP contribution in [0, 0.1) is 0 Å². The molecule has 0 aromatic heterocycles. The van der Waals surface area contributed by atoms with Crippen LogP contribution >= 0.6 is 0 Å². The van der Waals surface area contributed by atoms with Gasteiger partial charge in [-0.25, -0.2) is 4.79 Å². The van der Waals surface area contributed by atoms with Gasteiger partial charge in [0.1, 0.15) is 13.2 Å². The summed E-state index contributed by atoms with van der Waals surface area (Å²) in [6.45, 7) is 10.4. The Hall–Kier alpha value is -1.36. The average Bonchev–Trinajstić information content (AvgIpc) is 2.44. The van der Waals surface area contributed by atoms with E-state index in [1.807, 2.05) is 0 Å². The van der Waals surface area contributed by atoms with Crippen LogP contribution in [0.15, 0.2) is 12.7 Å². The molecule has 0 aliphatic rings. The van der Waals surface area contributed by atoms with Crippen LogP contribution in [0.2, 0.25) is 0 Å². The van der Waals surface area contributed by atoms with Crippen LogP contribution in [0.1, 0.15) is 59.3 Å². The Bertz CT molecular complexity index is 330. The monoisotopic (exact) mass is 314 g/mol. The van der Waals surface area contributed by atoms with Gasteiger partial charge in [-0.3, -0.25) is 4.79 Å². The molecule has 0 spiro atoms. The molecule has 0 aromatic rings. The summed E-state index contributed by atoms with van der Waals surface area (Å²) < 4.78 is 15.3. The number of carbonyl (C=O) groups excluding carboxylic acids is 2. The van der Waals surface area contributed by atoms with Crippen LogP contribution in [0.3, 0.4) is 0 Å².